The molecular formula is C11H19N3O. The van der Waals surface area contributed by atoms with Crippen molar-refractivity contribution in [3.63, 3.8) is 0 Å². The molecule has 0 aliphatic heterocycles. The van der Waals surface area contributed by atoms with E-state index in [4.69, 9.17) is 5.73 Å². The van der Waals surface area contributed by atoms with E-state index in [1.54, 1.807) is 18.2 Å². The maximum atomic E-state index is 9.83. The lowest BCUT2D eigenvalue weighted by Crippen LogP contribution is -2.38. The van der Waals surface area contributed by atoms with Crippen molar-refractivity contribution in [1.29, 1.82) is 0 Å². The number of nitrogens with two attached hydrogens (primary N) is 1. The summed E-state index contributed by atoms with van der Waals surface area (Å²) in [6.07, 6.45) is -0.618. The molecule has 1 atom stereocenters. The van der Waals surface area contributed by atoms with Gasteiger partial charge in [0.05, 0.1) is 5.69 Å². The Morgan fingerprint density at radius 2 is 2.13 bits per heavy atom. The third-order valence-electron chi connectivity index (χ3n) is 1.96. The van der Waals surface area contributed by atoms with Crippen molar-refractivity contribution < 1.29 is 5.11 Å². The van der Waals surface area contributed by atoms with Crippen LogP contribution < -0.4 is 11.1 Å². The minimum absolute atomic E-state index is 0.0126. The minimum atomic E-state index is -0.618. The Balaban J connectivity index is 2.58. The maximum absolute atomic E-state index is 9.83. The number of nitrogens with zero attached hydrogens (tertiary/aromatic N) is 1. The van der Waals surface area contributed by atoms with Crippen LogP contribution in [0.2, 0.25) is 0 Å². The second-order valence-electron chi connectivity index (χ2n) is 4.63. The van der Waals surface area contributed by atoms with Gasteiger partial charge in [0.25, 0.3) is 0 Å². The number of anilines is 1. The van der Waals surface area contributed by atoms with Gasteiger partial charge in [-0.05, 0) is 32.9 Å². The molecule has 15 heavy (non-hydrogen) atoms. The number of aliphatic hydroxyl groups excluding tert-OH is 1. The fraction of sp³-hybridized carbons (Fsp3) is 0.545. The highest BCUT2D eigenvalue weighted by Gasteiger charge is 2.14. The van der Waals surface area contributed by atoms with Crippen LogP contribution in [0.15, 0.2) is 18.2 Å². The fourth-order valence-electron chi connectivity index (χ4n) is 1.16. The predicted octanol–water partition coefficient (Wildman–Crippen LogP) is 1.09. The molecule has 0 aromatic carbocycles. The first kappa shape index (κ1) is 11.9. The molecule has 1 aromatic rings. The van der Waals surface area contributed by atoms with E-state index in [0.29, 0.717) is 18.1 Å². The summed E-state index contributed by atoms with van der Waals surface area (Å²) in [4.78, 5) is 4.06. The van der Waals surface area contributed by atoms with Crippen molar-refractivity contribution in [1.82, 2.24) is 10.3 Å². The molecule has 1 rings (SSSR count). The van der Waals surface area contributed by atoms with E-state index < -0.39 is 6.10 Å². The van der Waals surface area contributed by atoms with Crippen LogP contribution in [-0.4, -0.2) is 22.2 Å². The van der Waals surface area contributed by atoms with Gasteiger partial charge in [-0.25, -0.2) is 4.98 Å². The number of aliphatic hydroxyl groups is 1. The van der Waals surface area contributed by atoms with Crippen LogP contribution in [0.4, 0.5) is 5.82 Å². The zero-order valence-corrected chi connectivity index (χ0v) is 9.49. The molecule has 0 aliphatic carbocycles. The van der Waals surface area contributed by atoms with E-state index in [-0.39, 0.29) is 5.54 Å². The quantitative estimate of drug-likeness (QED) is 0.696. The van der Waals surface area contributed by atoms with Crippen LogP contribution in [0.3, 0.4) is 0 Å². The van der Waals surface area contributed by atoms with Crippen molar-refractivity contribution in [2.75, 3.05) is 12.3 Å². The molecule has 0 saturated carbocycles. The van der Waals surface area contributed by atoms with Crippen molar-refractivity contribution >= 4 is 5.82 Å². The summed E-state index contributed by atoms with van der Waals surface area (Å²) in [5.74, 6) is 0.433. The topological polar surface area (TPSA) is 71.2 Å². The molecule has 0 radical (unpaired) electrons. The molecule has 0 aliphatic rings. The van der Waals surface area contributed by atoms with Crippen LogP contribution in [-0.2, 0) is 0 Å². The van der Waals surface area contributed by atoms with E-state index in [2.05, 4.69) is 10.3 Å². The number of hydrogen-bond acceptors (Lipinski definition) is 4. The summed E-state index contributed by atoms with van der Waals surface area (Å²) in [7, 11) is 0. The molecule has 4 heteroatoms. The first-order chi connectivity index (χ1) is 6.88. The van der Waals surface area contributed by atoms with Crippen LogP contribution in [0.5, 0.6) is 0 Å². The SMILES string of the molecule is CC(C)(C)NC[C@@H](O)c1cccc(N)n1. The molecule has 1 aromatic heterocycles. The van der Waals surface area contributed by atoms with Crippen molar-refractivity contribution in [3.05, 3.63) is 23.9 Å². The monoisotopic (exact) mass is 209 g/mol. The smallest absolute Gasteiger partial charge is 0.123 e. The molecule has 0 amide bonds. The summed E-state index contributed by atoms with van der Waals surface area (Å²) < 4.78 is 0. The van der Waals surface area contributed by atoms with Gasteiger partial charge in [0.2, 0.25) is 0 Å². The minimum Gasteiger partial charge on any atom is -0.385 e. The first-order valence-corrected chi connectivity index (χ1v) is 5.04. The van der Waals surface area contributed by atoms with E-state index in [1.165, 1.54) is 0 Å². The zero-order chi connectivity index (χ0) is 11.5. The number of β-amino-alcohol motifs (C(OH)–C–C–N with tert-alkyl or cyclic N) is 1. The zero-order valence-electron chi connectivity index (χ0n) is 9.49. The first-order valence-electron chi connectivity index (χ1n) is 5.04. The third-order valence-corrected chi connectivity index (χ3v) is 1.96. The van der Waals surface area contributed by atoms with Crippen LogP contribution >= 0.6 is 0 Å². The van der Waals surface area contributed by atoms with Gasteiger partial charge in [0.15, 0.2) is 0 Å². The summed E-state index contributed by atoms with van der Waals surface area (Å²) in [6.45, 7) is 6.62. The highest BCUT2D eigenvalue weighted by atomic mass is 16.3. The van der Waals surface area contributed by atoms with Gasteiger partial charge >= 0.3 is 0 Å². The lowest BCUT2D eigenvalue weighted by molar-refractivity contribution is 0.159. The van der Waals surface area contributed by atoms with Gasteiger partial charge < -0.3 is 16.2 Å². The Bertz CT molecular complexity index is 320. The van der Waals surface area contributed by atoms with Gasteiger partial charge in [-0.15, -0.1) is 0 Å². The van der Waals surface area contributed by atoms with Crippen LogP contribution in [0.1, 0.15) is 32.6 Å². The van der Waals surface area contributed by atoms with E-state index in [9.17, 15) is 5.11 Å². The summed E-state index contributed by atoms with van der Waals surface area (Å²) in [6, 6.07) is 5.26. The van der Waals surface area contributed by atoms with Gasteiger partial charge in [0.1, 0.15) is 11.9 Å². The summed E-state index contributed by atoms with van der Waals surface area (Å²) in [5.41, 5.74) is 6.13. The Morgan fingerprint density at radius 1 is 1.47 bits per heavy atom. The average Bonchev–Trinajstić information content (AvgIpc) is 2.13. The van der Waals surface area contributed by atoms with E-state index in [1.807, 2.05) is 20.8 Å². The molecule has 0 unspecified atom stereocenters. The van der Waals surface area contributed by atoms with Crippen molar-refractivity contribution in [2.24, 2.45) is 0 Å². The lowest BCUT2D eigenvalue weighted by atomic mass is 10.1. The summed E-state index contributed by atoms with van der Waals surface area (Å²) >= 11 is 0. The number of nitrogen functional groups attached to an aromatic ring is 1. The second kappa shape index (κ2) is 4.59. The molecule has 0 saturated heterocycles. The molecule has 4 N–H and O–H groups in total. The standard InChI is InChI=1S/C11H19N3O/c1-11(2,3)13-7-9(15)8-5-4-6-10(12)14-8/h4-6,9,13,15H,7H2,1-3H3,(H2,12,14)/t9-/m1/s1. The molecule has 0 fully saturated rings. The Hall–Kier alpha value is -1.13. The van der Waals surface area contributed by atoms with Crippen LogP contribution in [0, 0.1) is 0 Å². The molecule has 84 valence electrons. The van der Waals surface area contributed by atoms with Gasteiger partial charge in [-0.1, -0.05) is 6.07 Å². The molecule has 0 spiro atoms. The van der Waals surface area contributed by atoms with Gasteiger partial charge in [-0.2, -0.15) is 0 Å². The van der Waals surface area contributed by atoms with Crippen LogP contribution in [0.25, 0.3) is 0 Å². The second-order valence-corrected chi connectivity index (χ2v) is 4.63. The van der Waals surface area contributed by atoms with Gasteiger partial charge in [-0.3, -0.25) is 0 Å². The average molecular weight is 209 g/mol. The van der Waals surface area contributed by atoms with Gasteiger partial charge in [0, 0.05) is 12.1 Å². The Morgan fingerprint density at radius 3 is 2.67 bits per heavy atom. The molecule has 0 bridgehead atoms. The number of pyridine rings is 1. The lowest BCUT2D eigenvalue weighted by Gasteiger charge is -2.22. The Labute approximate surface area is 90.5 Å². The predicted molar refractivity (Wildman–Crippen MR) is 61.4 cm³/mol. The highest BCUT2D eigenvalue weighted by Crippen LogP contribution is 2.11. The van der Waals surface area contributed by atoms with Crippen molar-refractivity contribution in [2.45, 2.75) is 32.4 Å². The number of hydrogen-bond donors (Lipinski definition) is 3. The largest absolute Gasteiger partial charge is 0.385 e. The molecule has 1 heterocycles. The molecule has 4 nitrogen and oxygen atoms in total. The highest BCUT2D eigenvalue weighted by molar-refractivity contribution is 5.29. The van der Waals surface area contributed by atoms with E-state index >= 15 is 0 Å². The number of nitrogens with one attached hydrogen (secondary N) is 1. The van der Waals surface area contributed by atoms with E-state index in [0.717, 1.165) is 0 Å². The Kier molecular flexibility index (Phi) is 3.66. The third kappa shape index (κ3) is 4.27. The summed E-state index contributed by atoms with van der Waals surface area (Å²) in [5, 5.41) is 13.0. The number of rotatable bonds is 3. The number of aromatic nitrogens is 1. The van der Waals surface area contributed by atoms with Crippen molar-refractivity contribution in [3.8, 4) is 0 Å². The fourth-order valence-corrected chi connectivity index (χ4v) is 1.16. The molecular weight excluding hydrogens is 190 g/mol. The normalized spacial score (nSPS) is 13.9. The maximum Gasteiger partial charge on any atom is 0.123 e.